The highest BCUT2D eigenvalue weighted by molar-refractivity contribution is 5.76. The number of tetrazole rings is 1. The van der Waals surface area contributed by atoms with E-state index in [0.29, 0.717) is 12.4 Å². The second-order valence-electron chi connectivity index (χ2n) is 5.13. The summed E-state index contributed by atoms with van der Waals surface area (Å²) in [5, 5.41) is 14.0. The molecule has 2 rings (SSSR count). The van der Waals surface area contributed by atoms with E-state index in [0.717, 1.165) is 25.0 Å². The standard InChI is InChI=1S/C13H21N5O2/c1-4-11(13(19)20-9(2)3)18-7-5-6-10(8-18)12-14-16-17-15-12/h6,9,11H,4-5,7-8H2,1-3H3,(H,14,15,16,17). The van der Waals surface area contributed by atoms with Gasteiger partial charge in [-0.1, -0.05) is 13.0 Å². The second-order valence-corrected chi connectivity index (χ2v) is 5.13. The fraction of sp³-hybridized carbons (Fsp3) is 0.692. The van der Waals surface area contributed by atoms with Gasteiger partial charge in [0, 0.05) is 18.7 Å². The summed E-state index contributed by atoms with van der Waals surface area (Å²) in [5.74, 6) is 0.443. The van der Waals surface area contributed by atoms with E-state index in [1.165, 1.54) is 0 Å². The van der Waals surface area contributed by atoms with Crippen LogP contribution in [0.15, 0.2) is 6.08 Å². The SMILES string of the molecule is CCC(C(=O)OC(C)C)N1CCC=C(c2nn[nH]n2)C1. The van der Waals surface area contributed by atoms with Crippen LogP contribution in [0.5, 0.6) is 0 Å². The summed E-state index contributed by atoms with van der Waals surface area (Å²) >= 11 is 0. The first-order chi connectivity index (χ1) is 9.61. The van der Waals surface area contributed by atoms with Gasteiger partial charge in [-0.25, -0.2) is 0 Å². The molecule has 20 heavy (non-hydrogen) atoms. The molecule has 1 N–H and O–H groups in total. The lowest BCUT2D eigenvalue weighted by molar-refractivity contribution is -0.153. The number of nitrogens with zero attached hydrogens (tertiary/aromatic N) is 4. The molecule has 0 amide bonds. The Kier molecular flexibility index (Phi) is 4.84. The molecule has 110 valence electrons. The predicted octanol–water partition coefficient (Wildman–Crippen LogP) is 1.02. The molecule has 1 unspecified atom stereocenters. The normalized spacial score (nSPS) is 17.9. The summed E-state index contributed by atoms with van der Waals surface area (Å²) in [5.41, 5.74) is 1.00. The summed E-state index contributed by atoms with van der Waals surface area (Å²) in [4.78, 5) is 14.3. The minimum atomic E-state index is -0.215. The topological polar surface area (TPSA) is 84.0 Å². The minimum absolute atomic E-state index is 0.0893. The molecule has 1 aliphatic rings. The molecule has 0 aromatic carbocycles. The van der Waals surface area contributed by atoms with Crippen molar-refractivity contribution in [3.63, 3.8) is 0 Å². The van der Waals surface area contributed by atoms with Crippen LogP contribution in [-0.4, -0.2) is 56.7 Å². The average Bonchev–Trinajstić information content (AvgIpc) is 2.93. The van der Waals surface area contributed by atoms with Gasteiger partial charge in [-0.2, -0.15) is 5.21 Å². The molecule has 2 heterocycles. The Morgan fingerprint density at radius 2 is 2.35 bits per heavy atom. The van der Waals surface area contributed by atoms with Gasteiger partial charge in [0.1, 0.15) is 6.04 Å². The highest BCUT2D eigenvalue weighted by Gasteiger charge is 2.29. The van der Waals surface area contributed by atoms with Crippen molar-refractivity contribution >= 4 is 11.5 Å². The molecule has 1 aromatic rings. The van der Waals surface area contributed by atoms with Gasteiger partial charge in [0.2, 0.25) is 5.82 Å². The van der Waals surface area contributed by atoms with Gasteiger partial charge in [0.05, 0.1) is 6.10 Å². The zero-order valence-corrected chi connectivity index (χ0v) is 12.2. The van der Waals surface area contributed by atoms with Gasteiger partial charge in [0.25, 0.3) is 0 Å². The molecule has 0 saturated heterocycles. The van der Waals surface area contributed by atoms with Crippen molar-refractivity contribution in [2.24, 2.45) is 0 Å². The van der Waals surface area contributed by atoms with Crippen molar-refractivity contribution in [2.45, 2.75) is 45.8 Å². The molecular weight excluding hydrogens is 258 g/mol. The third kappa shape index (κ3) is 3.41. The summed E-state index contributed by atoms with van der Waals surface area (Å²) in [7, 11) is 0. The van der Waals surface area contributed by atoms with Gasteiger partial charge in [-0.05, 0) is 31.9 Å². The maximum Gasteiger partial charge on any atom is 0.323 e. The molecule has 0 bridgehead atoms. The zero-order valence-electron chi connectivity index (χ0n) is 12.2. The van der Waals surface area contributed by atoms with Crippen LogP contribution in [0.1, 0.15) is 39.4 Å². The number of hydrogen-bond donors (Lipinski definition) is 1. The Hall–Kier alpha value is -1.76. The maximum absolute atomic E-state index is 12.1. The summed E-state index contributed by atoms with van der Waals surface area (Å²) in [6.45, 7) is 7.22. The number of carbonyl (C=O) groups is 1. The molecule has 1 aromatic heterocycles. The van der Waals surface area contributed by atoms with Gasteiger partial charge in [-0.3, -0.25) is 9.69 Å². The Labute approximate surface area is 118 Å². The van der Waals surface area contributed by atoms with Crippen LogP contribution in [-0.2, 0) is 9.53 Å². The molecule has 0 radical (unpaired) electrons. The van der Waals surface area contributed by atoms with Crippen molar-refractivity contribution < 1.29 is 9.53 Å². The second kappa shape index (κ2) is 6.60. The number of esters is 1. The highest BCUT2D eigenvalue weighted by Crippen LogP contribution is 2.20. The average molecular weight is 279 g/mol. The monoisotopic (exact) mass is 279 g/mol. The summed E-state index contributed by atoms with van der Waals surface area (Å²) in [6, 6.07) is -0.215. The van der Waals surface area contributed by atoms with Crippen LogP contribution in [0.4, 0.5) is 0 Å². The van der Waals surface area contributed by atoms with Crippen LogP contribution in [0.3, 0.4) is 0 Å². The van der Waals surface area contributed by atoms with Crippen molar-refractivity contribution in [1.29, 1.82) is 0 Å². The molecule has 7 nitrogen and oxygen atoms in total. The predicted molar refractivity (Wildman–Crippen MR) is 73.7 cm³/mol. The first-order valence-corrected chi connectivity index (χ1v) is 6.99. The van der Waals surface area contributed by atoms with E-state index in [9.17, 15) is 4.79 Å². The third-order valence-corrected chi connectivity index (χ3v) is 3.26. The number of H-pyrrole nitrogens is 1. The van der Waals surface area contributed by atoms with E-state index in [1.807, 2.05) is 20.8 Å². The van der Waals surface area contributed by atoms with Crippen LogP contribution >= 0.6 is 0 Å². The van der Waals surface area contributed by atoms with Crippen LogP contribution in [0.25, 0.3) is 5.57 Å². The number of aromatic amines is 1. The van der Waals surface area contributed by atoms with E-state index < -0.39 is 0 Å². The Morgan fingerprint density at radius 1 is 1.55 bits per heavy atom. The van der Waals surface area contributed by atoms with Gasteiger partial charge >= 0.3 is 5.97 Å². The molecule has 0 saturated carbocycles. The Balaban J connectivity index is 2.05. The lowest BCUT2D eigenvalue weighted by Gasteiger charge is -2.32. The Bertz CT molecular complexity index is 469. The number of carbonyl (C=O) groups excluding carboxylic acids is 1. The van der Waals surface area contributed by atoms with Crippen molar-refractivity contribution in [2.75, 3.05) is 13.1 Å². The molecule has 0 fully saturated rings. The molecule has 1 atom stereocenters. The molecule has 0 aliphatic carbocycles. The van der Waals surface area contributed by atoms with Crippen LogP contribution in [0, 0.1) is 0 Å². The van der Waals surface area contributed by atoms with Crippen molar-refractivity contribution in [3.05, 3.63) is 11.9 Å². The van der Waals surface area contributed by atoms with Crippen molar-refractivity contribution in [3.8, 4) is 0 Å². The quantitative estimate of drug-likeness (QED) is 0.810. The van der Waals surface area contributed by atoms with E-state index >= 15 is 0 Å². The van der Waals surface area contributed by atoms with Crippen LogP contribution < -0.4 is 0 Å². The lowest BCUT2D eigenvalue weighted by atomic mass is 10.1. The summed E-state index contributed by atoms with van der Waals surface area (Å²) < 4.78 is 5.33. The van der Waals surface area contributed by atoms with E-state index in [1.54, 1.807) is 0 Å². The van der Waals surface area contributed by atoms with Crippen molar-refractivity contribution in [1.82, 2.24) is 25.5 Å². The zero-order chi connectivity index (χ0) is 14.5. The highest BCUT2D eigenvalue weighted by atomic mass is 16.5. The summed E-state index contributed by atoms with van der Waals surface area (Å²) in [6.07, 6.45) is 3.61. The van der Waals surface area contributed by atoms with E-state index in [4.69, 9.17) is 4.74 Å². The number of aromatic nitrogens is 4. The largest absolute Gasteiger partial charge is 0.462 e. The molecule has 7 heteroatoms. The molecule has 0 spiro atoms. The first kappa shape index (κ1) is 14.6. The third-order valence-electron chi connectivity index (χ3n) is 3.26. The fourth-order valence-corrected chi connectivity index (χ4v) is 2.38. The van der Waals surface area contributed by atoms with E-state index in [2.05, 4.69) is 31.6 Å². The first-order valence-electron chi connectivity index (χ1n) is 6.99. The number of nitrogens with one attached hydrogen (secondary N) is 1. The van der Waals surface area contributed by atoms with Crippen LogP contribution in [0.2, 0.25) is 0 Å². The van der Waals surface area contributed by atoms with Gasteiger partial charge in [0.15, 0.2) is 0 Å². The van der Waals surface area contributed by atoms with E-state index in [-0.39, 0.29) is 18.1 Å². The minimum Gasteiger partial charge on any atom is -0.462 e. The van der Waals surface area contributed by atoms with Gasteiger partial charge < -0.3 is 4.74 Å². The number of hydrogen-bond acceptors (Lipinski definition) is 6. The molecular formula is C13H21N5O2. The molecule has 1 aliphatic heterocycles. The smallest absolute Gasteiger partial charge is 0.323 e. The fourth-order valence-electron chi connectivity index (χ4n) is 2.38. The maximum atomic E-state index is 12.1. The van der Waals surface area contributed by atoms with Gasteiger partial charge in [-0.15, -0.1) is 10.2 Å². The number of rotatable bonds is 5. The Morgan fingerprint density at radius 3 is 2.95 bits per heavy atom. The lowest BCUT2D eigenvalue weighted by Crippen LogP contribution is -2.45. The number of ether oxygens (including phenoxy) is 1.